The van der Waals surface area contributed by atoms with Gasteiger partial charge < -0.3 is 10.2 Å². The largest absolute Gasteiger partial charge is 0.337 e. The molecule has 2 saturated heterocycles. The number of amides is 1. The molecule has 2 heterocycles. The molecule has 0 aromatic heterocycles. The summed E-state index contributed by atoms with van der Waals surface area (Å²) in [7, 11) is 0. The molecule has 3 nitrogen and oxygen atoms in total. The van der Waals surface area contributed by atoms with Gasteiger partial charge in [-0.15, -0.1) is 0 Å². The van der Waals surface area contributed by atoms with Crippen LogP contribution in [0, 0.1) is 5.92 Å². The maximum absolute atomic E-state index is 12.5. The molecule has 1 N–H and O–H groups in total. The summed E-state index contributed by atoms with van der Waals surface area (Å²) in [5.74, 6) is 0.628. The monoisotopic (exact) mass is 224 g/mol. The summed E-state index contributed by atoms with van der Waals surface area (Å²) in [6.45, 7) is 6.36. The Balaban J connectivity index is 2.00. The van der Waals surface area contributed by atoms with Crippen molar-refractivity contribution >= 4 is 5.91 Å². The molecule has 2 aliphatic rings. The first-order valence-corrected chi connectivity index (χ1v) is 6.73. The van der Waals surface area contributed by atoms with Gasteiger partial charge in [-0.2, -0.15) is 0 Å². The Labute approximate surface area is 98.6 Å². The maximum atomic E-state index is 12.5. The van der Waals surface area contributed by atoms with Crippen molar-refractivity contribution in [1.82, 2.24) is 10.2 Å². The Morgan fingerprint density at radius 1 is 1.12 bits per heavy atom. The van der Waals surface area contributed by atoms with E-state index in [4.69, 9.17) is 0 Å². The van der Waals surface area contributed by atoms with Crippen molar-refractivity contribution in [3.63, 3.8) is 0 Å². The van der Waals surface area contributed by atoms with Crippen molar-refractivity contribution in [3.05, 3.63) is 0 Å². The average Bonchev–Trinajstić information content (AvgIpc) is 2.30. The van der Waals surface area contributed by atoms with E-state index >= 15 is 0 Å². The Kier molecular flexibility index (Phi) is 3.85. The van der Waals surface area contributed by atoms with Crippen molar-refractivity contribution in [1.29, 1.82) is 0 Å². The number of carbonyl (C=O) groups excluding carboxylic acids is 1. The molecule has 2 aliphatic heterocycles. The second-order valence-electron chi connectivity index (χ2n) is 5.42. The van der Waals surface area contributed by atoms with Crippen molar-refractivity contribution in [2.45, 2.75) is 58.0 Å². The standard InChI is InChI=1S/C13H24N2O/c1-10-5-3-6-11(2)15(10)13(16)12-7-4-8-14-9-12/h10-12,14H,3-9H2,1-2H3/t10-,11+,12-/m0/s1. The highest BCUT2D eigenvalue weighted by Gasteiger charge is 2.33. The summed E-state index contributed by atoms with van der Waals surface area (Å²) in [5, 5.41) is 3.34. The zero-order chi connectivity index (χ0) is 11.5. The van der Waals surface area contributed by atoms with Gasteiger partial charge in [-0.05, 0) is 52.5 Å². The van der Waals surface area contributed by atoms with E-state index in [1.54, 1.807) is 0 Å². The number of rotatable bonds is 1. The van der Waals surface area contributed by atoms with Crippen LogP contribution in [0.5, 0.6) is 0 Å². The molecule has 16 heavy (non-hydrogen) atoms. The van der Waals surface area contributed by atoms with Gasteiger partial charge in [0, 0.05) is 18.6 Å². The van der Waals surface area contributed by atoms with E-state index < -0.39 is 0 Å². The highest BCUT2D eigenvalue weighted by Crippen LogP contribution is 2.26. The first-order chi connectivity index (χ1) is 7.70. The maximum Gasteiger partial charge on any atom is 0.227 e. The molecule has 92 valence electrons. The van der Waals surface area contributed by atoms with Gasteiger partial charge in [-0.25, -0.2) is 0 Å². The number of hydrogen-bond acceptors (Lipinski definition) is 2. The molecule has 3 heteroatoms. The van der Waals surface area contributed by atoms with Crippen molar-refractivity contribution in [3.8, 4) is 0 Å². The predicted molar refractivity (Wildman–Crippen MR) is 65.2 cm³/mol. The highest BCUT2D eigenvalue weighted by atomic mass is 16.2. The van der Waals surface area contributed by atoms with Gasteiger partial charge in [0.25, 0.3) is 0 Å². The fourth-order valence-electron chi connectivity index (χ4n) is 3.13. The van der Waals surface area contributed by atoms with Crippen LogP contribution in [-0.2, 0) is 4.79 Å². The average molecular weight is 224 g/mol. The fraction of sp³-hybridized carbons (Fsp3) is 0.923. The van der Waals surface area contributed by atoms with E-state index in [0.29, 0.717) is 18.0 Å². The lowest BCUT2D eigenvalue weighted by atomic mass is 9.92. The van der Waals surface area contributed by atoms with Gasteiger partial charge in [0.1, 0.15) is 0 Å². The fourth-order valence-corrected chi connectivity index (χ4v) is 3.13. The molecule has 1 amide bonds. The molecule has 0 radical (unpaired) electrons. The first kappa shape index (κ1) is 11.9. The highest BCUT2D eigenvalue weighted by molar-refractivity contribution is 5.80. The third-order valence-electron chi connectivity index (χ3n) is 4.09. The van der Waals surface area contributed by atoms with Gasteiger partial charge in [0.05, 0.1) is 5.92 Å². The second kappa shape index (κ2) is 5.17. The second-order valence-corrected chi connectivity index (χ2v) is 5.42. The molecule has 2 rings (SSSR count). The Morgan fingerprint density at radius 3 is 2.38 bits per heavy atom. The normalized spacial score (nSPS) is 36.1. The van der Waals surface area contributed by atoms with Crippen LogP contribution in [0.4, 0.5) is 0 Å². The molecule has 0 aliphatic carbocycles. The summed E-state index contributed by atoms with van der Waals surface area (Å²) in [5.41, 5.74) is 0. The smallest absolute Gasteiger partial charge is 0.227 e. The van der Waals surface area contributed by atoms with E-state index in [-0.39, 0.29) is 5.92 Å². The van der Waals surface area contributed by atoms with Crippen LogP contribution in [-0.4, -0.2) is 36.0 Å². The lowest BCUT2D eigenvalue weighted by Crippen LogP contribution is -2.52. The van der Waals surface area contributed by atoms with Crippen molar-refractivity contribution in [2.24, 2.45) is 5.92 Å². The summed E-state index contributed by atoms with van der Waals surface area (Å²) < 4.78 is 0. The Bertz CT molecular complexity index is 238. The van der Waals surface area contributed by atoms with Gasteiger partial charge >= 0.3 is 0 Å². The predicted octanol–water partition coefficient (Wildman–Crippen LogP) is 1.78. The van der Waals surface area contributed by atoms with Crippen molar-refractivity contribution in [2.75, 3.05) is 13.1 Å². The van der Waals surface area contributed by atoms with E-state index in [1.807, 2.05) is 0 Å². The van der Waals surface area contributed by atoms with E-state index in [1.165, 1.54) is 19.3 Å². The number of piperidine rings is 2. The third-order valence-corrected chi connectivity index (χ3v) is 4.09. The lowest BCUT2D eigenvalue weighted by molar-refractivity contribution is -0.142. The van der Waals surface area contributed by atoms with Crippen LogP contribution >= 0.6 is 0 Å². The topological polar surface area (TPSA) is 32.3 Å². The summed E-state index contributed by atoms with van der Waals surface area (Å²) >= 11 is 0. The van der Waals surface area contributed by atoms with Crippen LogP contribution < -0.4 is 5.32 Å². The zero-order valence-electron chi connectivity index (χ0n) is 10.5. The molecule has 0 aromatic carbocycles. The molecule has 2 fully saturated rings. The molecule has 0 saturated carbocycles. The third kappa shape index (κ3) is 2.40. The minimum absolute atomic E-state index is 0.233. The van der Waals surface area contributed by atoms with Crippen LogP contribution in [0.2, 0.25) is 0 Å². The number of hydrogen-bond donors (Lipinski definition) is 1. The molecule has 0 bridgehead atoms. The molecule has 0 spiro atoms. The van der Waals surface area contributed by atoms with Gasteiger partial charge in [0.15, 0.2) is 0 Å². The van der Waals surface area contributed by atoms with E-state index in [0.717, 1.165) is 25.9 Å². The molecule has 0 unspecified atom stereocenters. The van der Waals surface area contributed by atoms with Crippen molar-refractivity contribution < 1.29 is 4.79 Å². The summed E-state index contributed by atoms with van der Waals surface area (Å²) in [6.07, 6.45) is 5.84. The number of nitrogens with zero attached hydrogens (tertiary/aromatic N) is 1. The lowest BCUT2D eigenvalue weighted by Gasteiger charge is -2.41. The number of likely N-dealkylation sites (tertiary alicyclic amines) is 1. The first-order valence-electron chi connectivity index (χ1n) is 6.73. The number of nitrogens with one attached hydrogen (secondary N) is 1. The Hall–Kier alpha value is -0.570. The molecule has 0 aromatic rings. The SMILES string of the molecule is C[C@@H]1CCC[C@H](C)N1C(=O)[C@H]1CCCNC1. The molecular formula is C13H24N2O. The quantitative estimate of drug-likeness (QED) is 0.736. The van der Waals surface area contributed by atoms with Crippen LogP contribution in [0.25, 0.3) is 0 Å². The Morgan fingerprint density at radius 2 is 1.81 bits per heavy atom. The molecule has 3 atom stereocenters. The molecular weight excluding hydrogens is 200 g/mol. The minimum atomic E-state index is 0.233. The summed E-state index contributed by atoms with van der Waals surface area (Å²) in [6, 6.07) is 0.886. The van der Waals surface area contributed by atoms with E-state index in [9.17, 15) is 4.79 Å². The summed E-state index contributed by atoms with van der Waals surface area (Å²) in [4.78, 5) is 14.6. The van der Waals surface area contributed by atoms with Gasteiger partial charge in [-0.1, -0.05) is 0 Å². The van der Waals surface area contributed by atoms with Crippen LogP contribution in [0.15, 0.2) is 0 Å². The van der Waals surface area contributed by atoms with Crippen LogP contribution in [0.3, 0.4) is 0 Å². The zero-order valence-corrected chi connectivity index (χ0v) is 10.5. The minimum Gasteiger partial charge on any atom is -0.337 e. The van der Waals surface area contributed by atoms with Gasteiger partial charge in [-0.3, -0.25) is 4.79 Å². The van der Waals surface area contributed by atoms with E-state index in [2.05, 4.69) is 24.1 Å². The number of carbonyl (C=O) groups is 1. The van der Waals surface area contributed by atoms with Crippen LogP contribution in [0.1, 0.15) is 46.0 Å². The van der Waals surface area contributed by atoms with Gasteiger partial charge in [0.2, 0.25) is 5.91 Å².